The fraction of sp³-hybridized carbons (Fsp3) is 0.353. The van der Waals surface area contributed by atoms with Crippen LogP contribution in [0.2, 0.25) is 0 Å². The number of amides is 1. The minimum Gasteiger partial charge on any atom is -0.399 e. The van der Waals surface area contributed by atoms with Crippen molar-refractivity contribution in [1.82, 2.24) is 9.79 Å². The molecule has 0 saturated carbocycles. The first kappa shape index (κ1) is 19.2. The molecule has 0 bridgehead atoms. The van der Waals surface area contributed by atoms with Gasteiger partial charge in [-0.3, -0.25) is 10.0 Å². The third kappa shape index (κ3) is 4.68. The largest absolute Gasteiger partial charge is 0.399 e. The zero-order valence-corrected chi connectivity index (χ0v) is 15.1. The molecule has 2 rings (SSSR count). The van der Waals surface area contributed by atoms with Crippen LogP contribution in [0.3, 0.4) is 0 Å². The maximum Gasteiger partial charge on any atom is 0.258 e. The molecular weight excluding hydrogens is 342 g/mol. The van der Waals surface area contributed by atoms with E-state index >= 15 is 0 Å². The fourth-order valence-electron chi connectivity index (χ4n) is 2.43. The molecule has 2 aromatic carbocycles. The van der Waals surface area contributed by atoms with Crippen molar-refractivity contribution in [3.8, 4) is 0 Å². The van der Waals surface area contributed by atoms with Gasteiger partial charge in [0.1, 0.15) is 0 Å². The lowest BCUT2D eigenvalue weighted by atomic mass is 10.1. The highest BCUT2D eigenvalue weighted by Gasteiger charge is 2.26. The number of hydrogen-bond acceptors (Lipinski definition) is 5. The number of carbonyl (C=O) groups is 1. The molecule has 0 saturated heterocycles. The van der Waals surface area contributed by atoms with Gasteiger partial charge in [0.25, 0.3) is 5.91 Å². The van der Waals surface area contributed by atoms with Gasteiger partial charge in [-0.25, -0.2) is 13.9 Å². The number of nitrogen functional groups attached to an aromatic ring is 1. The van der Waals surface area contributed by atoms with E-state index in [4.69, 9.17) is 10.9 Å². The van der Waals surface area contributed by atoms with Gasteiger partial charge in [0, 0.05) is 12.2 Å². The van der Waals surface area contributed by atoms with Crippen molar-refractivity contribution < 1.29 is 18.4 Å². The van der Waals surface area contributed by atoms with Crippen molar-refractivity contribution in [3.05, 3.63) is 36.4 Å². The number of hydrogen-bond donors (Lipinski definition) is 3. The lowest BCUT2D eigenvalue weighted by molar-refractivity contribution is -0.129. The number of anilines is 1. The maximum atomic E-state index is 12.9. The van der Waals surface area contributed by atoms with Crippen LogP contribution in [0, 0.1) is 5.92 Å². The summed E-state index contributed by atoms with van der Waals surface area (Å²) in [6, 6.07) is 9.96. The first-order valence-electron chi connectivity index (χ1n) is 7.96. The molecule has 0 atom stereocenters. The molecule has 0 fully saturated rings. The first-order chi connectivity index (χ1) is 11.7. The van der Waals surface area contributed by atoms with Gasteiger partial charge in [0.05, 0.1) is 11.4 Å². The molecule has 1 amide bonds. The molecule has 0 unspecified atom stereocenters. The standard InChI is InChI=1S/C17H23N3O4S/c1-12(2)7-8-20(11-17(21)19-22)25(23,24)16-6-4-13-9-15(18)5-3-14(13)10-16/h3-6,9-10,12,22H,7-8,11,18H2,1-2H3,(H,19,21). The van der Waals surface area contributed by atoms with Gasteiger partial charge in [-0.1, -0.05) is 26.0 Å². The Morgan fingerprint density at radius 3 is 2.48 bits per heavy atom. The van der Waals surface area contributed by atoms with E-state index in [0.29, 0.717) is 12.1 Å². The van der Waals surface area contributed by atoms with Crippen LogP contribution in [0.5, 0.6) is 0 Å². The van der Waals surface area contributed by atoms with E-state index in [0.717, 1.165) is 15.1 Å². The van der Waals surface area contributed by atoms with Crippen LogP contribution >= 0.6 is 0 Å². The van der Waals surface area contributed by atoms with Crippen molar-refractivity contribution in [1.29, 1.82) is 0 Å². The number of nitrogens with zero attached hydrogens (tertiary/aromatic N) is 1. The van der Waals surface area contributed by atoms with E-state index in [9.17, 15) is 13.2 Å². The average molecular weight is 365 g/mol. The Morgan fingerprint density at radius 1 is 1.20 bits per heavy atom. The average Bonchev–Trinajstić information content (AvgIpc) is 2.57. The highest BCUT2D eigenvalue weighted by molar-refractivity contribution is 7.89. The maximum absolute atomic E-state index is 12.9. The van der Waals surface area contributed by atoms with Gasteiger partial charge in [-0.05, 0) is 47.4 Å². The molecule has 8 heteroatoms. The summed E-state index contributed by atoms with van der Waals surface area (Å²) < 4.78 is 27.0. The van der Waals surface area contributed by atoms with Crippen LogP contribution in [-0.2, 0) is 14.8 Å². The van der Waals surface area contributed by atoms with Crippen LogP contribution in [0.15, 0.2) is 41.3 Å². The molecule has 25 heavy (non-hydrogen) atoms. The zero-order valence-electron chi connectivity index (χ0n) is 14.3. The monoisotopic (exact) mass is 365 g/mol. The van der Waals surface area contributed by atoms with Crippen LogP contribution in [-0.4, -0.2) is 36.9 Å². The Kier molecular flexibility index (Phi) is 5.99. The molecule has 0 heterocycles. The molecule has 0 aromatic heterocycles. The summed E-state index contributed by atoms with van der Waals surface area (Å²) in [5, 5.41) is 10.3. The number of sulfonamides is 1. The third-order valence-electron chi connectivity index (χ3n) is 3.87. The molecule has 0 aliphatic carbocycles. The fourth-order valence-corrected chi connectivity index (χ4v) is 3.88. The normalized spacial score (nSPS) is 12.0. The first-order valence-corrected chi connectivity index (χ1v) is 9.40. The second-order valence-corrected chi connectivity index (χ2v) is 8.26. The van der Waals surface area contributed by atoms with Crippen molar-refractivity contribution >= 4 is 32.4 Å². The minimum absolute atomic E-state index is 0.0965. The molecule has 4 N–H and O–H groups in total. The van der Waals surface area contributed by atoms with Gasteiger partial charge < -0.3 is 5.73 Å². The number of nitrogens with two attached hydrogens (primary N) is 1. The van der Waals surface area contributed by atoms with E-state index in [1.54, 1.807) is 30.3 Å². The third-order valence-corrected chi connectivity index (χ3v) is 5.72. The summed E-state index contributed by atoms with van der Waals surface area (Å²) in [5.74, 6) is -0.504. The smallest absolute Gasteiger partial charge is 0.258 e. The van der Waals surface area contributed by atoms with Crippen LogP contribution in [0.25, 0.3) is 10.8 Å². The summed E-state index contributed by atoms with van der Waals surface area (Å²) in [6.45, 7) is 3.69. The summed E-state index contributed by atoms with van der Waals surface area (Å²) in [4.78, 5) is 11.6. The van der Waals surface area contributed by atoms with Gasteiger partial charge >= 0.3 is 0 Å². The summed E-state index contributed by atoms with van der Waals surface area (Å²) in [6.07, 6.45) is 0.599. The van der Waals surface area contributed by atoms with Crippen molar-refractivity contribution in [3.63, 3.8) is 0 Å². The van der Waals surface area contributed by atoms with Gasteiger partial charge in [-0.15, -0.1) is 0 Å². The highest BCUT2D eigenvalue weighted by Crippen LogP contribution is 2.24. The predicted octanol–water partition coefficient (Wildman–Crippen LogP) is 1.96. The summed E-state index contributed by atoms with van der Waals surface area (Å²) in [7, 11) is -3.87. The molecule has 0 radical (unpaired) electrons. The number of fused-ring (bicyclic) bond motifs is 1. The number of hydroxylamine groups is 1. The predicted molar refractivity (Wildman–Crippen MR) is 96.5 cm³/mol. The Morgan fingerprint density at radius 2 is 1.84 bits per heavy atom. The van der Waals surface area contributed by atoms with Crippen molar-refractivity contribution in [2.45, 2.75) is 25.2 Å². The van der Waals surface area contributed by atoms with E-state index in [1.165, 1.54) is 11.5 Å². The van der Waals surface area contributed by atoms with Gasteiger partial charge in [-0.2, -0.15) is 4.31 Å². The Labute approximate surface area is 147 Å². The SMILES string of the molecule is CC(C)CCN(CC(=O)NO)S(=O)(=O)c1ccc2cc(N)ccc2c1. The molecule has 0 spiro atoms. The zero-order chi connectivity index (χ0) is 18.6. The van der Waals surface area contributed by atoms with Gasteiger partial charge in [0.2, 0.25) is 10.0 Å². The van der Waals surface area contributed by atoms with E-state index < -0.39 is 22.5 Å². The van der Waals surface area contributed by atoms with Crippen molar-refractivity contribution in [2.24, 2.45) is 5.92 Å². The molecular formula is C17H23N3O4S. The highest BCUT2D eigenvalue weighted by atomic mass is 32.2. The second-order valence-electron chi connectivity index (χ2n) is 6.32. The number of benzene rings is 2. The minimum atomic E-state index is -3.87. The topological polar surface area (TPSA) is 113 Å². The van der Waals surface area contributed by atoms with Gasteiger partial charge in [0.15, 0.2) is 0 Å². The van der Waals surface area contributed by atoms with Crippen LogP contribution in [0.4, 0.5) is 5.69 Å². The molecule has 136 valence electrons. The lowest BCUT2D eigenvalue weighted by Gasteiger charge is -2.22. The molecule has 2 aromatic rings. The number of nitrogens with one attached hydrogen (secondary N) is 1. The quantitative estimate of drug-likeness (QED) is 0.394. The van der Waals surface area contributed by atoms with E-state index in [1.807, 2.05) is 13.8 Å². The Hall–Kier alpha value is -2.16. The van der Waals surface area contributed by atoms with Crippen LogP contribution < -0.4 is 11.2 Å². The molecule has 0 aliphatic heterocycles. The van der Waals surface area contributed by atoms with Crippen LogP contribution in [0.1, 0.15) is 20.3 Å². The van der Waals surface area contributed by atoms with Crippen molar-refractivity contribution in [2.75, 3.05) is 18.8 Å². The van der Waals surface area contributed by atoms with E-state index in [-0.39, 0.29) is 17.4 Å². The number of carbonyl (C=O) groups excluding carboxylic acids is 1. The summed E-state index contributed by atoms with van der Waals surface area (Å²) >= 11 is 0. The van der Waals surface area contributed by atoms with E-state index in [2.05, 4.69) is 0 Å². The molecule has 0 aliphatic rings. The Bertz CT molecular complexity index is 865. The molecule has 7 nitrogen and oxygen atoms in total. The summed E-state index contributed by atoms with van der Waals surface area (Å²) in [5.41, 5.74) is 7.82. The number of rotatable bonds is 7. The Balaban J connectivity index is 2.40. The lowest BCUT2D eigenvalue weighted by Crippen LogP contribution is -2.40. The second kappa shape index (κ2) is 7.81.